The van der Waals surface area contributed by atoms with Crippen molar-refractivity contribution in [1.82, 2.24) is 0 Å². The maximum Gasteiger partial charge on any atom is 0.308 e. The quantitative estimate of drug-likeness (QED) is 0.555. The zero-order chi connectivity index (χ0) is 10.6. The number of allylic oxidation sites excluding steroid dienone is 2. The molecule has 0 aromatic carbocycles. The molecule has 2 atom stereocenters. The number of ether oxygens (including phenoxy) is 1. The van der Waals surface area contributed by atoms with E-state index in [2.05, 4.69) is 0 Å². The molecule has 14 heavy (non-hydrogen) atoms. The Kier molecular flexibility index (Phi) is 3.69. The van der Waals surface area contributed by atoms with Crippen LogP contribution in [0.3, 0.4) is 0 Å². The van der Waals surface area contributed by atoms with Crippen molar-refractivity contribution < 1.29 is 14.6 Å². The summed E-state index contributed by atoms with van der Waals surface area (Å²) < 4.78 is 5.14. The van der Waals surface area contributed by atoms with Crippen LogP contribution in [0.1, 0.15) is 39.5 Å². The first-order valence-corrected chi connectivity index (χ1v) is 5.06. The molecule has 1 aliphatic rings. The second kappa shape index (κ2) is 4.60. The van der Waals surface area contributed by atoms with E-state index < -0.39 is 5.60 Å². The lowest BCUT2D eigenvalue weighted by Crippen LogP contribution is -2.40. The molecule has 80 valence electrons. The number of hydrogen-bond donors (Lipinski definition) is 1. The van der Waals surface area contributed by atoms with Crippen LogP contribution in [0.4, 0.5) is 0 Å². The van der Waals surface area contributed by atoms with Gasteiger partial charge in [0.1, 0.15) is 6.10 Å². The van der Waals surface area contributed by atoms with Crippen molar-refractivity contribution in [1.29, 1.82) is 0 Å². The summed E-state index contributed by atoms with van der Waals surface area (Å²) >= 11 is 0. The summed E-state index contributed by atoms with van der Waals surface area (Å²) in [5.74, 6) is -0.285. The summed E-state index contributed by atoms with van der Waals surface area (Å²) in [5.41, 5.74) is -0.879. The van der Waals surface area contributed by atoms with Crippen LogP contribution in [-0.4, -0.2) is 22.8 Å². The molecule has 0 saturated carbocycles. The lowest BCUT2D eigenvalue weighted by atomic mass is 9.90. The van der Waals surface area contributed by atoms with E-state index in [1.165, 1.54) is 0 Å². The van der Waals surface area contributed by atoms with Crippen LogP contribution in [0, 0.1) is 0 Å². The third-order valence-corrected chi connectivity index (χ3v) is 2.38. The molecule has 0 aromatic rings. The SMILES string of the molecule is C/C=C/CC[C@H]1C[C@](C)(O)CC(=O)O1. The molecule has 0 aliphatic carbocycles. The zero-order valence-electron chi connectivity index (χ0n) is 8.82. The van der Waals surface area contributed by atoms with Crippen LogP contribution in [0.15, 0.2) is 12.2 Å². The number of esters is 1. The zero-order valence-corrected chi connectivity index (χ0v) is 8.82. The first-order chi connectivity index (χ1) is 6.53. The summed E-state index contributed by atoms with van der Waals surface area (Å²) in [6.07, 6.45) is 6.25. The second-order valence-electron chi connectivity index (χ2n) is 4.14. The highest BCUT2D eigenvalue weighted by Crippen LogP contribution is 2.27. The molecule has 3 heteroatoms. The minimum absolute atomic E-state index is 0.118. The molecular weight excluding hydrogens is 180 g/mol. The molecule has 3 nitrogen and oxygen atoms in total. The Morgan fingerprint density at radius 1 is 1.71 bits per heavy atom. The number of carbonyl (C=O) groups is 1. The van der Waals surface area contributed by atoms with Gasteiger partial charge in [-0.3, -0.25) is 4.79 Å². The van der Waals surface area contributed by atoms with Gasteiger partial charge < -0.3 is 9.84 Å². The Balaban J connectivity index is 2.42. The highest BCUT2D eigenvalue weighted by atomic mass is 16.5. The van der Waals surface area contributed by atoms with E-state index in [9.17, 15) is 9.90 Å². The van der Waals surface area contributed by atoms with Gasteiger partial charge in [0.15, 0.2) is 0 Å². The Bertz CT molecular complexity index is 231. The molecule has 0 unspecified atom stereocenters. The van der Waals surface area contributed by atoms with Gasteiger partial charge in [0.25, 0.3) is 0 Å². The lowest BCUT2D eigenvalue weighted by molar-refractivity contribution is -0.168. The van der Waals surface area contributed by atoms with Crippen molar-refractivity contribution in [2.24, 2.45) is 0 Å². The van der Waals surface area contributed by atoms with E-state index >= 15 is 0 Å². The molecule has 1 aliphatic heterocycles. The predicted molar refractivity (Wildman–Crippen MR) is 53.8 cm³/mol. The van der Waals surface area contributed by atoms with Crippen LogP contribution in [0.25, 0.3) is 0 Å². The fraction of sp³-hybridized carbons (Fsp3) is 0.727. The smallest absolute Gasteiger partial charge is 0.308 e. The standard InChI is InChI=1S/C11H18O3/c1-3-4-5-6-9-7-11(2,13)8-10(12)14-9/h3-4,9,13H,5-8H2,1-2H3/b4-3+/t9-,11-/m0/s1. The van der Waals surface area contributed by atoms with Crippen molar-refractivity contribution in [3.63, 3.8) is 0 Å². The van der Waals surface area contributed by atoms with Crippen LogP contribution in [0.5, 0.6) is 0 Å². The highest BCUT2D eigenvalue weighted by Gasteiger charge is 2.35. The maximum absolute atomic E-state index is 11.1. The van der Waals surface area contributed by atoms with Crippen LogP contribution in [0.2, 0.25) is 0 Å². The largest absolute Gasteiger partial charge is 0.462 e. The summed E-state index contributed by atoms with van der Waals surface area (Å²) in [6, 6.07) is 0. The van der Waals surface area contributed by atoms with E-state index in [1.54, 1.807) is 6.92 Å². The molecule has 1 saturated heterocycles. The normalized spacial score (nSPS) is 33.4. The van der Waals surface area contributed by atoms with E-state index in [1.807, 2.05) is 19.1 Å². The van der Waals surface area contributed by atoms with Crippen LogP contribution in [-0.2, 0) is 9.53 Å². The average molecular weight is 198 g/mol. The lowest BCUT2D eigenvalue weighted by Gasteiger charge is -2.32. The molecule has 0 aromatic heterocycles. The van der Waals surface area contributed by atoms with Gasteiger partial charge in [0.2, 0.25) is 0 Å². The number of hydrogen-bond acceptors (Lipinski definition) is 3. The van der Waals surface area contributed by atoms with Gasteiger partial charge in [-0.2, -0.15) is 0 Å². The van der Waals surface area contributed by atoms with Crippen molar-refractivity contribution in [2.45, 2.75) is 51.2 Å². The molecule has 0 radical (unpaired) electrons. The molecule has 1 N–H and O–H groups in total. The third-order valence-electron chi connectivity index (χ3n) is 2.38. The van der Waals surface area contributed by atoms with E-state index in [0.29, 0.717) is 6.42 Å². The second-order valence-corrected chi connectivity index (χ2v) is 4.14. The molecule has 1 fully saturated rings. The van der Waals surface area contributed by atoms with Gasteiger partial charge in [0.05, 0.1) is 12.0 Å². The summed E-state index contributed by atoms with van der Waals surface area (Å²) in [4.78, 5) is 11.1. The first-order valence-electron chi connectivity index (χ1n) is 5.06. The Labute approximate surface area is 84.8 Å². The fourth-order valence-corrected chi connectivity index (χ4v) is 1.75. The summed E-state index contributed by atoms with van der Waals surface area (Å²) in [6.45, 7) is 3.65. The predicted octanol–water partition coefficient (Wildman–Crippen LogP) is 1.80. The van der Waals surface area contributed by atoms with E-state index in [0.717, 1.165) is 12.8 Å². The number of carbonyl (C=O) groups excluding carboxylic acids is 1. The third kappa shape index (κ3) is 3.50. The average Bonchev–Trinajstić information content (AvgIpc) is 2.00. The summed E-state index contributed by atoms with van der Waals surface area (Å²) in [5, 5.41) is 9.75. The number of aliphatic hydroxyl groups is 1. The topological polar surface area (TPSA) is 46.5 Å². The van der Waals surface area contributed by atoms with Crippen molar-refractivity contribution in [3.05, 3.63) is 12.2 Å². The van der Waals surface area contributed by atoms with Crippen LogP contribution >= 0.6 is 0 Å². The van der Waals surface area contributed by atoms with Gasteiger partial charge in [0, 0.05) is 6.42 Å². The molecule has 0 spiro atoms. The van der Waals surface area contributed by atoms with E-state index in [-0.39, 0.29) is 18.5 Å². The highest BCUT2D eigenvalue weighted by molar-refractivity contribution is 5.71. The minimum Gasteiger partial charge on any atom is -0.462 e. The van der Waals surface area contributed by atoms with Gasteiger partial charge in [-0.25, -0.2) is 0 Å². The van der Waals surface area contributed by atoms with Crippen molar-refractivity contribution >= 4 is 5.97 Å². The molecular formula is C11H18O3. The van der Waals surface area contributed by atoms with Gasteiger partial charge in [-0.15, -0.1) is 0 Å². The Hall–Kier alpha value is -0.830. The maximum atomic E-state index is 11.1. The van der Waals surface area contributed by atoms with Crippen molar-refractivity contribution in [3.8, 4) is 0 Å². The van der Waals surface area contributed by atoms with Gasteiger partial charge >= 0.3 is 5.97 Å². The van der Waals surface area contributed by atoms with Gasteiger partial charge in [-0.1, -0.05) is 12.2 Å². The monoisotopic (exact) mass is 198 g/mol. The molecule has 0 amide bonds. The van der Waals surface area contributed by atoms with Gasteiger partial charge in [-0.05, 0) is 26.7 Å². The molecule has 1 rings (SSSR count). The molecule has 1 heterocycles. The number of cyclic esters (lactones) is 1. The Morgan fingerprint density at radius 2 is 2.43 bits per heavy atom. The van der Waals surface area contributed by atoms with E-state index in [4.69, 9.17) is 4.74 Å². The van der Waals surface area contributed by atoms with Crippen LogP contribution < -0.4 is 0 Å². The molecule has 0 bridgehead atoms. The number of rotatable bonds is 3. The van der Waals surface area contributed by atoms with Crippen molar-refractivity contribution in [2.75, 3.05) is 0 Å². The first kappa shape index (κ1) is 11.2. The summed E-state index contributed by atoms with van der Waals surface area (Å²) in [7, 11) is 0. The fourth-order valence-electron chi connectivity index (χ4n) is 1.75. The Morgan fingerprint density at radius 3 is 3.00 bits per heavy atom. The minimum atomic E-state index is -0.879.